The van der Waals surface area contributed by atoms with Gasteiger partial charge in [-0.25, -0.2) is 9.18 Å². The molecule has 1 aromatic carbocycles. The Morgan fingerprint density at radius 1 is 1.21 bits per heavy atom. The van der Waals surface area contributed by atoms with Gasteiger partial charge in [-0.2, -0.15) is 0 Å². The zero-order valence-corrected chi connectivity index (χ0v) is 10.5. The Balaban J connectivity index is 2.18. The third kappa shape index (κ3) is 2.00. The number of nitrogens with zero attached hydrogens (tertiary/aromatic N) is 1. The largest absolute Gasteiger partial charge is 0.329 e. The van der Waals surface area contributed by atoms with Crippen LogP contribution in [0.3, 0.4) is 0 Å². The summed E-state index contributed by atoms with van der Waals surface area (Å²) in [7, 11) is 0. The molecule has 0 bridgehead atoms. The third-order valence-corrected chi connectivity index (χ3v) is 3.78. The molecule has 0 unspecified atom stereocenters. The summed E-state index contributed by atoms with van der Waals surface area (Å²) in [5.74, 6) is -0.430. The summed E-state index contributed by atoms with van der Waals surface area (Å²) in [4.78, 5) is 26.6. The molecule has 3 aromatic rings. The second-order valence-corrected chi connectivity index (χ2v) is 4.99. The Morgan fingerprint density at radius 2 is 2.00 bits per heavy atom. The summed E-state index contributed by atoms with van der Waals surface area (Å²) in [6.45, 7) is -0.0747. The van der Waals surface area contributed by atoms with Gasteiger partial charge in [0.15, 0.2) is 0 Å². The van der Waals surface area contributed by atoms with E-state index in [9.17, 15) is 14.0 Å². The SMILES string of the molecule is O=c1[nH]c2ccsc2c(=O)n1Cc1ccccc1F. The Kier molecular flexibility index (Phi) is 2.79. The molecule has 96 valence electrons. The molecule has 0 aliphatic rings. The zero-order chi connectivity index (χ0) is 13.4. The van der Waals surface area contributed by atoms with Crippen molar-refractivity contribution in [2.24, 2.45) is 0 Å². The van der Waals surface area contributed by atoms with Gasteiger partial charge in [0.05, 0.1) is 12.1 Å². The van der Waals surface area contributed by atoms with E-state index in [1.807, 2.05) is 0 Å². The molecule has 0 spiro atoms. The number of halogens is 1. The minimum absolute atomic E-state index is 0.0747. The summed E-state index contributed by atoms with van der Waals surface area (Å²) in [6, 6.07) is 7.77. The van der Waals surface area contributed by atoms with E-state index in [0.717, 1.165) is 4.57 Å². The van der Waals surface area contributed by atoms with Gasteiger partial charge >= 0.3 is 5.69 Å². The molecule has 0 saturated heterocycles. The zero-order valence-electron chi connectivity index (χ0n) is 9.72. The lowest BCUT2D eigenvalue weighted by Gasteiger charge is -2.05. The average molecular weight is 276 g/mol. The molecule has 0 radical (unpaired) electrons. The van der Waals surface area contributed by atoms with E-state index in [-0.39, 0.29) is 6.54 Å². The highest BCUT2D eigenvalue weighted by Crippen LogP contribution is 2.13. The van der Waals surface area contributed by atoms with E-state index in [1.165, 1.54) is 17.4 Å². The molecular weight excluding hydrogens is 267 g/mol. The minimum atomic E-state index is -0.529. The number of hydrogen-bond donors (Lipinski definition) is 1. The number of aromatic nitrogens is 2. The number of H-pyrrole nitrogens is 1. The van der Waals surface area contributed by atoms with E-state index in [4.69, 9.17) is 0 Å². The van der Waals surface area contributed by atoms with Crippen molar-refractivity contribution in [3.8, 4) is 0 Å². The Bertz CT molecular complexity index is 863. The fourth-order valence-corrected chi connectivity index (χ4v) is 2.71. The smallest absolute Gasteiger partial charge is 0.306 e. The molecule has 0 fully saturated rings. The first-order chi connectivity index (χ1) is 9.16. The summed E-state index contributed by atoms with van der Waals surface area (Å²) < 4.78 is 15.0. The molecule has 19 heavy (non-hydrogen) atoms. The number of nitrogens with one attached hydrogen (secondary N) is 1. The van der Waals surface area contributed by atoms with Gasteiger partial charge in [-0.1, -0.05) is 18.2 Å². The fraction of sp³-hybridized carbons (Fsp3) is 0.0769. The van der Waals surface area contributed by atoms with Gasteiger partial charge in [-0.05, 0) is 17.5 Å². The van der Waals surface area contributed by atoms with Crippen LogP contribution in [0.1, 0.15) is 5.56 Å². The van der Waals surface area contributed by atoms with E-state index >= 15 is 0 Å². The second-order valence-electron chi connectivity index (χ2n) is 4.08. The van der Waals surface area contributed by atoms with E-state index in [0.29, 0.717) is 15.8 Å². The van der Waals surface area contributed by atoms with Crippen LogP contribution in [-0.4, -0.2) is 9.55 Å². The van der Waals surface area contributed by atoms with Crippen LogP contribution in [0, 0.1) is 5.82 Å². The highest BCUT2D eigenvalue weighted by molar-refractivity contribution is 7.17. The number of fused-ring (bicyclic) bond motifs is 1. The lowest BCUT2D eigenvalue weighted by Crippen LogP contribution is -2.35. The summed E-state index contributed by atoms with van der Waals surface area (Å²) in [5, 5.41) is 1.73. The molecule has 0 aliphatic carbocycles. The predicted octanol–water partition coefficient (Wildman–Crippen LogP) is 1.94. The molecule has 4 nitrogen and oxygen atoms in total. The highest BCUT2D eigenvalue weighted by atomic mass is 32.1. The Morgan fingerprint density at radius 3 is 2.79 bits per heavy atom. The van der Waals surface area contributed by atoms with Crippen LogP contribution < -0.4 is 11.2 Å². The van der Waals surface area contributed by atoms with Gasteiger partial charge in [0, 0.05) is 5.56 Å². The van der Waals surface area contributed by atoms with Crippen molar-refractivity contribution < 1.29 is 4.39 Å². The summed E-state index contributed by atoms with van der Waals surface area (Å²) >= 11 is 1.25. The van der Waals surface area contributed by atoms with Crippen molar-refractivity contribution in [1.29, 1.82) is 0 Å². The molecular formula is C13H9FN2O2S. The summed E-state index contributed by atoms with van der Waals surface area (Å²) in [5.41, 5.74) is -0.0908. The van der Waals surface area contributed by atoms with Crippen LogP contribution in [0.4, 0.5) is 4.39 Å². The number of aromatic amines is 1. The maximum atomic E-state index is 13.6. The molecule has 6 heteroatoms. The van der Waals surface area contributed by atoms with E-state index in [1.54, 1.807) is 29.6 Å². The van der Waals surface area contributed by atoms with Crippen LogP contribution in [0.15, 0.2) is 45.3 Å². The first kappa shape index (κ1) is 11.9. The number of rotatable bonds is 2. The van der Waals surface area contributed by atoms with Crippen LogP contribution >= 0.6 is 11.3 Å². The normalized spacial score (nSPS) is 11.0. The third-order valence-electron chi connectivity index (χ3n) is 2.88. The molecule has 0 saturated carbocycles. The quantitative estimate of drug-likeness (QED) is 0.777. The second kappa shape index (κ2) is 4.47. The standard InChI is InChI=1S/C13H9FN2O2S/c14-9-4-2-1-3-8(9)7-16-12(17)11-10(5-6-19-11)15-13(16)18/h1-6H,7H2,(H,15,18). The lowest BCUT2D eigenvalue weighted by molar-refractivity contribution is 0.591. The first-order valence-electron chi connectivity index (χ1n) is 5.60. The molecule has 0 amide bonds. The molecule has 3 rings (SSSR count). The first-order valence-corrected chi connectivity index (χ1v) is 6.48. The van der Waals surface area contributed by atoms with Crippen molar-refractivity contribution in [3.63, 3.8) is 0 Å². The van der Waals surface area contributed by atoms with Crippen molar-refractivity contribution in [3.05, 3.63) is 67.9 Å². The van der Waals surface area contributed by atoms with Gasteiger partial charge in [0.25, 0.3) is 5.56 Å². The molecule has 0 atom stereocenters. The van der Waals surface area contributed by atoms with Crippen LogP contribution in [0.25, 0.3) is 10.2 Å². The van der Waals surface area contributed by atoms with E-state index in [2.05, 4.69) is 4.98 Å². The maximum Gasteiger partial charge on any atom is 0.329 e. The predicted molar refractivity (Wildman–Crippen MR) is 72.2 cm³/mol. The highest BCUT2D eigenvalue weighted by Gasteiger charge is 2.10. The van der Waals surface area contributed by atoms with Gasteiger partial charge in [-0.3, -0.25) is 9.36 Å². The molecule has 0 aliphatic heterocycles. The van der Waals surface area contributed by atoms with Gasteiger partial charge in [-0.15, -0.1) is 11.3 Å². The van der Waals surface area contributed by atoms with Gasteiger partial charge in [0.2, 0.25) is 0 Å². The van der Waals surface area contributed by atoms with E-state index < -0.39 is 17.1 Å². The fourth-order valence-electron chi connectivity index (χ4n) is 1.91. The summed E-state index contributed by atoms with van der Waals surface area (Å²) in [6.07, 6.45) is 0. The van der Waals surface area contributed by atoms with Crippen LogP contribution in [0.5, 0.6) is 0 Å². The maximum absolute atomic E-state index is 13.6. The van der Waals surface area contributed by atoms with Crippen molar-refractivity contribution >= 4 is 21.6 Å². The monoisotopic (exact) mass is 276 g/mol. The minimum Gasteiger partial charge on any atom is -0.306 e. The van der Waals surface area contributed by atoms with Crippen LogP contribution in [-0.2, 0) is 6.54 Å². The Labute approximate surface area is 110 Å². The van der Waals surface area contributed by atoms with Crippen molar-refractivity contribution in [2.45, 2.75) is 6.54 Å². The van der Waals surface area contributed by atoms with Gasteiger partial charge < -0.3 is 4.98 Å². The number of thiophene rings is 1. The molecule has 2 heterocycles. The topological polar surface area (TPSA) is 54.9 Å². The number of hydrogen-bond acceptors (Lipinski definition) is 3. The van der Waals surface area contributed by atoms with Crippen molar-refractivity contribution in [2.75, 3.05) is 0 Å². The van der Waals surface area contributed by atoms with Gasteiger partial charge in [0.1, 0.15) is 10.5 Å². The molecule has 2 aromatic heterocycles. The number of benzene rings is 1. The van der Waals surface area contributed by atoms with Crippen LogP contribution in [0.2, 0.25) is 0 Å². The average Bonchev–Trinajstić information content (AvgIpc) is 2.84. The molecule has 1 N–H and O–H groups in total. The van der Waals surface area contributed by atoms with Crippen molar-refractivity contribution in [1.82, 2.24) is 9.55 Å². The lowest BCUT2D eigenvalue weighted by atomic mass is 10.2. The Hall–Kier alpha value is -2.21.